The zero-order valence-electron chi connectivity index (χ0n) is 20.4. The minimum absolute atomic E-state index is 0.104. The average molecular weight is 525 g/mol. The third-order valence-electron chi connectivity index (χ3n) is 6.38. The van der Waals surface area contributed by atoms with Crippen molar-refractivity contribution in [3.8, 4) is 11.4 Å². The molecule has 4 rings (SSSR count). The molecular formula is C28H29ClN2O6. The predicted molar refractivity (Wildman–Crippen MR) is 140 cm³/mol. The second kappa shape index (κ2) is 12.1. The number of ether oxygens (including phenoxy) is 1. The van der Waals surface area contributed by atoms with E-state index in [1.807, 2.05) is 41.1 Å². The van der Waals surface area contributed by atoms with Crippen molar-refractivity contribution < 1.29 is 29.4 Å². The van der Waals surface area contributed by atoms with Gasteiger partial charge in [0, 0.05) is 48.1 Å². The molecule has 8 nitrogen and oxygen atoms in total. The number of rotatable bonds is 9. The highest BCUT2D eigenvalue weighted by Crippen LogP contribution is 2.32. The zero-order chi connectivity index (χ0) is 26.4. The summed E-state index contributed by atoms with van der Waals surface area (Å²) in [5, 5.41) is 22.2. The SMILES string of the molecule is COc1cccc(C(O)c2cc(Cl)ccc2-n2cccc2C=CC(=O)ON2CCC(CC(=O)O)CC2)c1. The minimum Gasteiger partial charge on any atom is -0.497 e. The molecule has 1 aliphatic rings. The number of carboxylic acid groups (broad SMARTS) is 1. The molecule has 1 unspecified atom stereocenters. The number of carboxylic acids is 1. The summed E-state index contributed by atoms with van der Waals surface area (Å²) in [5.41, 5.74) is 2.66. The predicted octanol–water partition coefficient (Wildman–Crippen LogP) is 4.88. The molecular weight excluding hydrogens is 496 g/mol. The number of methoxy groups -OCH3 is 1. The number of benzene rings is 2. The maximum atomic E-state index is 12.5. The quantitative estimate of drug-likeness (QED) is 0.385. The molecule has 2 N–H and O–H groups in total. The molecule has 1 fully saturated rings. The highest BCUT2D eigenvalue weighted by Gasteiger charge is 2.23. The lowest BCUT2D eigenvalue weighted by Crippen LogP contribution is -2.35. The summed E-state index contributed by atoms with van der Waals surface area (Å²) in [5.74, 6) is -0.583. The number of carbonyl (C=O) groups is 2. The summed E-state index contributed by atoms with van der Waals surface area (Å²) in [4.78, 5) is 28.8. The van der Waals surface area contributed by atoms with E-state index in [9.17, 15) is 14.7 Å². The number of aromatic nitrogens is 1. The van der Waals surface area contributed by atoms with Gasteiger partial charge < -0.3 is 24.4 Å². The maximum Gasteiger partial charge on any atom is 0.349 e. The van der Waals surface area contributed by atoms with Gasteiger partial charge in [-0.15, -0.1) is 5.06 Å². The van der Waals surface area contributed by atoms with Crippen molar-refractivity contribution in [3.05, 3.63) is 88.7 Å². The van der Waals surface area contributed by atoms with Gasteiger partial charge in [0.05, 0.1) is 12.8 Å². The van der Waals surface area contributed by atoms with E-state index in [0.717, 1.165) is 0 Å². The lowest BCUT2D eigenvalue weighted by atomic mass is 9.95. The summed E-state index contributed by atoms with van der Waals surface area (Å²) in [6, 6.07) is 16.2. The van der Waals surface area contributed by atoms with Gasteiger partial charge in [0.15, 0.2) is 0 Å². The molecule has 0 radical (unpaired) electrons. The van der Waals surface area contributed by atoms with Crippen LogP contribution in [0.1, 0.15) is 42.2 Å². The Morgan fingerprint density at radius 2 is 1.92 bits per heavy atom. The number of nitrogens with zero attached hydrogens (tertiary/aromatic N) is 2. The van der Waals surface area contributed by atoms with E-state index in [0.29, 0.717) is 59.2 Å². The van der Waals surface area contributed by atoms with Crippen molar-refractivity contribution in [2.24, 2.45) is 5.92 Å². The average Bonchev–Trinajstić information content (AvgIpc) is 3.36. The molecule has 0 saturated carbocycles. The van der Waals surface area contributed by atoms with Crippen molar-refractivity contribution in [1.29, 1.82) is 0 Å². The summed E-state index contributed by atoms with van der Waals surface area (Å²) >= 11 is 6.28. The monoisotopic (exact) mass is 524 g/mol. The number of carbonyl (C=O) groups excluding carboxylic acids is 1. The lowest BCUT2D eigenvalue weighted by Gasteiger charge is -2.29. The zero-order valence-corrected chi connectivity index (χ0v) is 21.2. The molecule has 194 valence electrons. The molecule has 2 heterocycles. The molecule has 1 aliphatic heterocycles. The molecule has 1 saturated heterocycles. The van der Waals surface area contributed by atoms with Gasteiger partial charge in [-0.3, -0.25) is 4.79 Å². The van der Waals surface area contributed by atoms with Crippen molar-refractivity contribution in [2.45, 2.75) is 25.4 Å². The van der Waals surface area contributed by atoms with Gasteiger partial charge in [0.25, 0.3) is 0 Å². The van der Waals surface area contributed by atoms with Crippen molar-refractivity contribution in [3.63, 3.8) is 0 Å². The van der Waals surface area contributed by atoms with E-state index < -0.39 is 18.0 Å². The number of hydroxylamine groups is 2. The van der Waals surface area contributed by atoms with E-state index in [1.165, 1.54) is 6.08 Å². The standard InChI is InChI=1S/C28H29ClN2O6/c1-36-23-6-2-4-20(17-23)28(35)24-18-21(29)7-9-25(24)31-13-3-5-22(31)8-10-27(34)37-30-14-11-19(12-15-30)16-26(32)33/h2-10,13,17-19,28,35H,11-12,14-16H2,1H3,(H,32,33). The molecule has 37 heavy (non-hydrogen) atoms. The van der Waals surface area contributed by atoms with Crippen LogP contribution >= 0.6 is 11.6 Å². The molecule has 3 aromatic rings. The topological polar surface area (TPSA) is 101 Å². The molecule has 1 atom stereocenters. The number of aliphatic carboxylic acids is 1. The Labute approximate surface area is 220 Å². The van der Waals surface area contributed by atoms with E-state index in [-0.39, 0.29) is 12.3 Å². The van der Waals surface area contributed by atoms with Crippen LogP contribution in [0.4, 0.5) is 0 Å². The molecule has 0 amide bonds. The van der Waals surface area contributed by atoms with Gasteiger partial charge >= 0.3 is 11.9 Å². The first-order valence-electron chi connectivity index (χ1n) is 12.0. The second-order valence-corrected chi connectivity index (χ2v) is 9.34. The minimum atomic E-state index is -0.961. The Balaban J connectivity index is 1.49. The van der Waals surface area contributed by atoms with E-state index in [1.54, 1.807) is 42.5 Å². The molecule has 0 bridgehead atoms. The first-order chi connectivity index (χ1) is 17.8. The largest absolute Gasteiger partial charge is 0.497 e. The highest BCUT2D eigenvalue weighted by molar-refractivity contribution is 6.30. The Morgan fingerprint density at radius 1 is 1.14 bits per heavy atom. The summed E-state index contributed by atoms with van der Waals surface area (Å²) in [6.45, 7) is 1.01. The van der Waals surface area contributed by atoms with E-state index in [2.05, 4.69) is 0 Å². The third kappa shape index (κ3) is 6.80. The van der Waals surface area contributed by atoms with Gasteiger partial charge in [0.2, 0.25) is 0 Å². The van der Waals surface area contributed by atoms with Crippen LogP contribution in [-0.4, -0.2) is 52.0 Å². The summed E-state index contributed by atoms with van der Waals surface area (Å²) in [7, 11) is 1.57. The van der Waals surface area contributed by atoms with Crippen LogP contribution in [0, 0.1) is 5.92 Å². The Kier molecular flexibility index (Phi) is 8.66. The first-order valence-corrected chi connectivity index (χ1v) is 12.4. The van der Waals surface area contributed by atoms with Gasteiger partial charge in [-0.25, -0.2) is 4.79 Å². The summed E-state index contributed by atoms with van der Waals surface area (Å²) < 4.78 is 7.15. The van der Waals surface area contributed by atoms with Crippen molar-refractivity contribution >= 4 is 29.6 Å². The normalized spacial score (nSPS) is 15.5. The van der Waals surface area contributed by atoms with Gasteiger partial charge in [-0.1, -0.05) is 23.7 Å². The smallest absolute Gasteiger partial charge is 0.349 e. The van der Waals surface area contributed by atoms with E-state index in [4.69, 9.17) is 26.3 Å². The fourth-order valence-electron chi connectivity index (χ4n) is 4.47. The summed E-state index contributed by atoms with van der Waals surface area (Å²) in [6.07, 6.45) is 5.35. The molecule has 9 heteroatoms. The van der Waals surface area contributed by atoms with Crippen LogP contribution in [0.5, 0.6) is 5.75 Å². The number of halogens is 1. The van der Waals surface area contributed by atoms with Crippen LogP contribution in [0.15, 0.2) is 66.9 Å². The number of aliphatic hydroxyl groups excluding tert-OH is 1. The Bertz CT molecular complexity index is 1280. The molecule has 1 aromatic heterocycles. The van der Waals surface area contributed by atoms with Gasteiger partial charge in [0.1, 0.15) is 11.9 Å². The lowest BCUT2D eigenvalue weighted by molar-refractivity contribution is -0.190. The Hall–Kier alpha value is -3.59. The fourth-order valence-corrected chi connectivity index (χ4v) is 4.65. The van der Waals surface area contributed by atoms with Crippen LogP contribution in [0.3, 0.4) is 0 Å². The Morgan fingerprint density at radius 3 is 2.65 bits per heavy atom. The second-order valence-electron chi connectivity index (χ2n) is 8.90. The number of hydrogen-bond acceptors (Lipinski definition) is 6. The van der Waals surface area contributed by atoms with Gasteiger partial charge in [-0.05, 0) is 72.9 Å². The van der Waals surface area contributed by atoms with Crippen LogP contribution in [0.2, 0.25) is 5.02 Å². The van der Waals surface area contributed by atoms with Crippen LogP contribution < -0.4 is 4.74 Å². The molecule has 2 aromatic carbocycles. The van der Waals surface area contributed by atoms with E-state index >= 15 is 0 Å². The first kappa shape index (κ1) is 26.5. The fraction of sp³-hybridized carbons (Fsp3) is 0.286. The molecule has 0 aliphatic carbocycles. The van der Waals surface area contributed by atoms with Crippen LogP contribution in [-0.2, 0) is 14.4 Å². The third-order valence-corrected chi connectivity index (χ3v) is 6.61. The van der Waals surface area contributed by atoms with Crippen molar-refractivity contribution in [1.82, 2.24) is 9.63 Å². The number of aliphatic hydroxyl groups is 1. The molecule has 0 spiro atoms. The highest BCUT2D eigenvalue weighted by atomic mass is 35.5. The maximum absolute atomic E-state index is 12.5. The number of piperidine rings is 1. The number of hydrogen-bond donors (Lipinski definition) is 2. The van der Waals surface area contributed by atoms with Crippen LogP contribution in [0.25, 0.3) is 11.8 Å². The van der Waals surface area contributed by atoms with Crippen molar-refractivity contribution in [2.75, 3.05) is 20.2 Å². The van der Waals surface area contributed by atoms with Gasteiger partial charge in [-0.2, -0.15) is 0 Å².